The molecule has 0 radical (unpaired) electrons. The quantitative estimate of drug-likeness (QED) is 0.272. The molecular weight excluding hydrogens is 1330 g/mol. The lowest BCUT2D eigenvalue weighted by Gasteiger charge is -2.52. The van der Waals surface area contributed by atoms with Crippen molar-refractivity contribution in [3.05, 3.63) is 33.4 Å². The minimum absolute atomic E-state index is 0. The molecule has 0 aromatic rings. The minimum Gasteiger partial charge on any atom is -0.369 e. The summed E-state index contributed by atoms with van der Waals surface area (Å²) in [5.41, 5.74) is 10.9. The van der Waals surface area contributed by atoms with Crippen LogP contribution in [0.2, 0.25) is 0 Å². The predicted octanol–water partition coefficient (Wildman–Crippen LogP) is 19.2. The van der Waals surface area contributed by atoms with Gasteiger partial charge in [0.1, 0.15) is 17.3 Å². The Labute approximate surface area is 649 Å². The number of ketones is 3. The first kappa shape index (κ1) is 79.2. The summed E-state index contributed by atoms with van der Waals surface area (Å²) < 4.78 is 21.4. The number of likely N-dealkylation sites (N-methyl/N-ethyl adjacent to an activating group) is 1. The Balaban J connectivity index is 0.000000129. The molecule has 30 atom stereocenters. The molecule has 0 aromatic carbocycles. The summed E-state index contributed by atoms with van der Waals surface area (Å²) in [5, 5.41) is 3.20. The van der Waals surface area contributed by atoms with Crippen molar-refractivity contribution >= 4 is 29.2 Å². The highest BCUT2D eigenvalue weighted by atomic mass is 16.5. The zero-order valence-electron chi connectivity index (χ0n) is 69.7. The number of carbonyl (C=O) groups is 5. The number of nitrogens with one attached hydrogen (secondary N) is 1. The van der Waals surface area contributed by atoms with E-state index in [9.17, 15) is 24.0 Å². The van der Waals surface area contributed by atoms with E-state index in [1.165, 1.54) is 103 Å². The first-order chi connectivity index (χ1) is 50.2. The summed E-state index contributed by atoms with van der Waals surface area (Å²) in [4.78, 5) is 69.2. The number of piperidine rings is 3. The molecule has 0 unspecified atom stereocenters. The number of likely N-dealkylation sites (tertiary alicyclic amines) is 3. The Hall–Kier alpha value is -3.03. The van der Waals surface area contributed by atoms with Gasteiger partial charge in [-0.2, -0.15) is 0 Å². The van der Waals surface area contributed by atoms with Gasteiger partial charge in [-0.15, -0.1) is 0 Å². The fourth-order valence-corrected chi connectivity index (χ4v) is 31.2. The second-order valence-electron chi connectivity index (χ2n) is 43.5. The number of hydrogen-bond donors (Lipinski definition) is 1. The van der Waals surface area contributed by atoms with Crippen LogP contribution in [0.15, 0.2) is 33.4 Å². The van der Waals surface area contributed by atoms with Gasteiger partial charge >= 0.3 is 0 Å². The average molecular weight is 1480 g/mol. The summed E-state index contributed by atoms with van der Waals surface area (Å²) in [6.45, 7) is 41.9. The van der Waals surface area contributed by atoms with E-state index in [4.69, 9.17) is 14.2 Å². The molecule has 12 aliphatic carbocycles. The molecule has 3 spiro atoms. The van der Waals surface area contributed by atoms with Crippen molar-refractivity contribution in [3.63, 3.8) is 0 Å². The third kappa shape index (κ3) is 13.4. The smallest absolute Gasteiger partial charge is 0.225 e. The van der Waals surface area contributed by atoms with Crippen LogP contribution < -0.4 is 5.32 Å². The second-order valence-corrected chi connectivity index (χ2v) is 43.5. The fourth-order valence-electron chi connectivity index (χ4n) is 31.2. The standard InChI is InChI=1S/C35H56N2O3.C30H45NO3.C29H45NO2.CH4/c1-21-16-30-31(37(20-21)15-14-36-32(39)33(4,5)6)23(3)35(40-30)13-11-26-27-9-8-24-17-25(38)10-12-34(24,7)29(27)18-28(26)22(2)19-35;1-17-12-27-28(31(16-17)20(4)32)19(3)30(34-27)11-9-23-24-7-6-21-13-22(33)8-10-29(21,5)26(24)14-25(23)18(2)15-30;1-17-12-26-27(30(5)16-17)19(3)29(32-26)11-9-22-23-7-6-20-13-21(31)8-10-28(20,4)25(23)14-24(22)18(2)15-29;/h21,23-24,26-27,29-31H,8-20H2,1-7H3,(H,36,39);17,19,21,23-24,26-28H,6-16H2,1-5H3;17,19-20,22-23,25-27H,6-16H2,1-5H3;1H4/t21-,23+,24+,26-,27-,29-,30+,31-,34-,35-;17-,19+,21+,23-,24-,26-,27+,28-,29-,30-;17-,19+,20+,22-,23-,25-,26+,27-,28-,29-;/m000./s1. The Morgan fingerprint density at radius 1 is 0.477 bits per heavy atom. The number of ether oxygens (including phenoxy) is 3. The second kappa shape index (κ2) is 29.1. The van der Waals surface area contributed by atoms with Crippen molar-refractivity contribution in [3.8, 4) is 0 Å². The highest BCUT2D eigenvalue weighted by Crippen LogP contribution is 2.69. The van der Waals surface area contributed by atoms with E-state index in [-0.39, 0.29) is 53.6 Å². The van der Waals surface area contributed by atoms with Gasteiger partial charge in [0.2, 0.25) is 11.8 Å². The third-order valence-corrected chi connectivity index (χ3v) is 36.8. The lowest BCUT2D eigenvalue weighted by molar-refractivity contribution is -0.137. The number of allylic oxidation sites excluding steroid dienone is 3. The molecule has 598 valence electrons. The van der Waals surface area contributed by atoms with E-state index in [1.54, 1.807) is 34.8 Å². The van der Waals surface area contributed by atoms with Crippen LogP contribution in [-0.2, 0) is 38.2 Å². The van der Waals surface area contributed by atoms with Crippen molar-refractivity contribution in [1.29, 1.82) is 0 Å². The minimum atomic E-state index is -0.348. The van der Waals surface area contributed by atoms with Gasteiger partial charge in [0, 0.05) is 113 Å². The monoisotopic (exact) mass is 1480 g/mol. The zero-order valence-corrected chi connectivity index (χ0v) is 69.7. The number of rotatable bonds is 3. The zero-order chi connectivity index (χ0) is 75.0. The molecule has 6 heterocycles. The molecule has 1 N–H and O–H groups in total. The number of hydrogen-bond acceptors (Lipinski definition) is 10. The van der Waals surface area contributed by atoms with Crippen LogP contribution >= 0.6 is 0 Å². The molecule has 6 aliphatic heterocycles. The topological polar surface area (TPSA) is 135 Å². The Morgan fingerprint density at radius 3 is 1.22 bits per heavy atom. The Kier molecular flexibility index (Phi) is 21.5. The van der Waals surface area contributed by atoms with Gasteiger partial charge in [-0.3, -0.25) is 28.9 Å². The lowest BCUT2D eigenvalue weighted by atomic mass is 9.52. The first-order valence-corrected chi connectivity index (χ1v) is 44.8. The van der Waals surface area contributed by atoms with Crippen LogP contribution in [0.25, 0.3) is 0 Å². The fraction of sp³-hybridized carbons (Fsp3) is 0.884. The molecule has 12 heteroatoms. The highest BCUT2D eigenvalue weighted by molar-refractivity contribution is 5.82. The number of fused-ring (bicyclic) bond motifs is 18. The van der Waals surface area contributed by atoms with Crippen LogP contribution in [0.3, 0.4) is 0 Å². The van der Waals surface area contributed by atoms with Gasteiger partial charge in [0.05, 0.1) is 41.2 Å². The molecule has 15 fully saturated rings. The molecule has 0 aromatic heterocycles. The molecule has 6 saturated heterocycles. The normalized spacial score (nSPS) is 49.1. The number of Topliss-reactive ketones (excluding diaryl/α,β-unsaturated/α-hetero) is 3. The lowest BCUT2D eigenvalue weighted by Crippen LogP contribution is -2.54. The van der Waals surface area contributed by atoms with Crippen molar-refractivity contribution in [2.75, 3.05) is 39.8 Å². The van der Waals surface area contributed by atoms with Gasteiger partial charge in [-0.25, -0.2) is 0 Å². The number of nitrogens with zero attached hydrogens (tertiary/aromatic N) is 3. The maximum Gasteiger partial charge on any atom is 0.225 e. The van der Waals surface area contributed by atoms with E-state index < -0.39 is 0 Å². The van der Waals surface area contributed by atoms with E-state index in [2.05, 4.69) is 110 Å². The summed E-state index contributed by atoms with van der Waals surface area (Å²) in [5.74, 6) is 14.2. The van der Waals surface area contributed by atoms with Gasteiger partial charge in [-0.1, -0.05) is 124 Å². The Morgan fingerprint density at radius 2 is 0.832 bits per heavy atom. The molecule has 107 heavy (non-hydrogen) atoms. The van der Waals surface area contributed by atoms with E-state index in [0.29, 0.717) is 118 Å². The van der Waals surface area contributed by atoms with Gasteiger partial charge in [0.25, 0.3) is 0 Å². The van der Waals surface area contributed by atoms with Crippen LogP contribution in [-0.4, -0.2) is 137 Å². The van der Waals surface area contributed by atoms with E-state index in [1.807, 2.05) is 26.3 Å². The summed E-state index contributed by atoms with van der Waals surface area (Å²) in [6.07, 6.45) is 35.1. The maximum absolute atomic E-state index is 12.6. The highest BCUT2D eigenvalue weighted by Gasteiger charge is 2.65. The molecule has 0 bridgehead atoms. The molecule has 18 rings (SSSR count). The SMILES string of the molecule is C.CC(=O)N1C[C@@H](C)C[C@H]2O[C@]3(CC[C@@H]4C(=C(C)C3)C[C@H]3[C@H]4CC[C@@H]4CC(=O)CC[C@@]43C)[C@H](C)[C@@H]21.CC1=C2C[C@H]3[C@@H](CC[C@@H]4CC(=O)CC[C@@]43C)[C@@H]2CC[C@@]2(C1)O[C@@H]1C[C@H](C)CN(C)[C@H]1[C@H]2C.CC1=C2C[C@H]3[C@@H](CC[C@@H]4CC(=O)CC[C@@]43C)[C@@H]2CC[C@@]2(C1)O[C@@H]1C[C@H](C)CN(CCNC(=O)C(C)(C)C)[C@H]1[C@H]2C. The number of carbonyl (C=O) groups excluding carboxylic acids is 5. The molecule has 18 aliphatic rings. The van der Waals surface area contributed by atoms with Crippen molar-refractivity contribution in [1.82, 2.24) is 20.0 Å². The first-order valence-electron chi connectivity index (χ1n) is 44.8. The van der Waals surface area contributed by atoms with Crippen LogP contribution in [0.4, 0.5) is 0 Å². The average Bonchev–Trinajstić information content (AvgIpc) is 1.58. The third-order valence-electron chi connectivity index (χ3n) is 36.8. The van der Waals surface area contributed by atoms with E-state index >= 15 is 0 Å². The van der Waals surface area contributed by atoms with Crippen molar-refractivity contribution in [2.24, 2.45) is 128 Å². The molecule has 12 nitrogen and oxygen atoms in total. The maximum atomic E-state index is 12.6. The van der Waals surface area contributed by atoms with Crippen LogP contribution in [0.1, 0.15) is 311 Å². The van der Waals surface area contributed by atoms with E-state index in [0.717, 1.165) is 169 Å². The summed E-state index contributed by atoms with van der Waals surface area (Å²) >= 11 is 0. The van der Waals surface area contributed by atoms with Gasteiger partial charge in [0.15, 0.2) is 0 Å². The largest absolute Gasteiger partial charge is 0.369 e. The van der Waals surface area contributed by atoms with Gasteiger partial charge in [-0.05, 0) is 287 Å². The summed E-state index contributed by atoms with van der Waals surface area (Å²) in [6, 6.07) is 1.29. The molecule has 9 saturated carbocycles. The molecular formula is C95H150N4O8. The number of amides is 2. The van der Waals surface area contributed by atoms with Crippen molar-refractivity contribution in [2.45, 2.75) is 364 Å². The molecule has 2 amide bonds. The predicted molar refractivity (Wildman–Crippen MR) is 428 cm³/mol. The van der Waals surface area contributed by atoms with Gasteiger partial charge < -0.3 is 29.3 Å². The van der Waals surface area contributed by atoms with Crippen molar-refractivity contribution < 1.29 is 38.2 Å². The summed E-state index contributed by atoms with van der Waals surface area (Å²) in [7, 11) is 2.33. The van der Waals surface area contributed by atoms with Crippen LogP contribution in [0.5, 0.6) is 0 Å². The van der Waals surface area contributed by atoms with Crippen LogP contribution in [0, 0.1) is 128 Å². The Bertz CT molecular complexity index is 3530.